The monoisotopic (exact) mass is 515 g/mol. The number of aromatic amines is 2. The van der Waals surface area contributed by atoms with Crippen LogP contribution in [0, 0.1) is 0 Å². The van der Waals surface area contributed by atoms with Crippen LogP contribution in [0.15, 0.2) is 52.1 Å². The van der Waals surface area contributed by atoms with Crippen molar-refractivity contribution in [2.45, 2.75) is 31.8 Å². The van der Waals surface area contributed by atoms with E-state index in [1.807, 2.05) is 45.5 Å². The number of nitrogens with one attached hydrogen (secondary N) is 2. The second-order valence-corrected chi connectivity index (χ2v) is 9.03. The summed E-state index contributed by atoms with van der Waals surface area (Å²) in [6, 6.07) is 13.5. The zero-order chi connectivity index (χ0) is 25.8. The number of H-pyrrole nitrogens is 2. The third kappa shape index (κ3) is 5.52. The van der Waals surface area contributed by atoms with Crippen molar-refractivity contribution in [3.63, 3.8) is 0 Å². The van der Waals surface area contributed by atoms with Gasteiger partial charge in [-0.15, -0.1) is 0 Å². The summed E-state index contributed by atoms with van der Waals surface area (Å²) >= 11 is 6.05. The van der Waals surface area contributed by atoms with Crippen LogP contribution in [0.25, 0.3) is 22.1 Å². The van der Waals surface area contributed by atoms with Gasteiger partial charge in [-0.05, 0) is 56.1 Å². The Hall–Kier alpha value is -3.83. The van der Waals surface area contributed by atoms with E-state index in [4.69, 9.17) is 31.4 Å². The lowest BCUT2D eigenvalue weighted by Gasteiger charge is -2.32. The highest BCUT2D eigenvalue weighted by Crippen LogP contribution is 2.26. The van der Waals surface area contributed by atoms with E-state index in [2.05, 4.69) is 14.9 Å². The topological polar surface area (TPSA) is 153 Å². The average molecular weight is 516 g/mol. The van der Waals surface area contributed by atoms with Crippen molar-refractivity contribution in [2.24, 2.45) is 0 Å². The average Bonchev–Trinajstić information content (AvgIpc) is 3.34. The maximum Gasteiger partial charge on any atom is 0.414 e. The van der Waals surface area contributed by atoms with Gasteiger partial charge in [0.15, 0.2) is 0 Å². The highest BCUT2D eigenvalue weighted by Gasteiger charge is 2.23. The molecular formula is C24H26ClN5O6. The third-order valence-electron chi connectivity index (χ3n) is 6.32. The van der Waals surface area contributed by atoms with E-state index in [1.165, 1.54) is 0 Å². The second-order valence-electron chi connectivity index (χ2n) is 8.60. The van der Waals surface area contributed by atoms with Gasteiger partial charge in [-0.3, -0.25) is 9.13 Å². The number of aryl methyl sites for hydroxylation is 1. The normalized spacial score (nSPS) is 14.6. The van der Waals surface area contributed by atoms with Crippen LogP contribution >= 0.6 is 11.6 Å². The first-order valence-corrected chi connectivity index (χ1v) is 11.9. The lowest BCUT2D eigenvalue weighted by Crippen LogP contribution is -2.37. The molecule has 190 valence electrons. The summed E-state index contributed by atoms with van der Waals surface area (Å²) in [5.74, 6) is -3.65. The molecule has 1 aliphatic heterocycles. The smallest absolute Gasteiger partial charge is 0.414 e. The van der Waals surface area contributed by atoms with Gasteiger partial charge in [0.05, 0.1) is 22.1 Å². The molecule has 11 nitrogen and oxygen atoms in total. The van der Waals surface area contributed by atoms with E-state index in [-0.39, 0.29) is 17.4 Å². The highest BCUT2D eigenvalue weighted by atomic mass is 35.5. The van der Waals surface area contributed by atoms with Crippen molar-refractivity contribution in [3.05, 3.63) is 68.5 Å². The SMILES string of the molecule is O=C(O)C(=O)O.O=c1[nH]c2ccccc2n1CCCN1CCC(n2c(=O)[nH]c3cc(Cl)ccc32)CC1. The number of fused-ring (bicyclic) bond motifs is 2. The molecule has 36 heavy (non-hydrogen) atoms. The van der Waals surface area contributed by atoms with Crippen LogP contribution in [0.5, 0.6) is 0 Å². The summed E-state index contributed by atoms with van der Waals surface area (Å²) in [4.78, 5) is 51.1. The van der Waals surface area contributed by atoms with Gasteiger partial charge in [0, 0.05) is 30.7 Å². The summed E-state index contributed by atoms with van der Waals surface area (Å²) in [5, 5.41) is 15.4. The minimum atomic E-state index is -1.82. The molecule has 0 amide bonds. The Kier molecular flexibility index (Phi) is 7.61. The van der Waals surface area contributed by atoms with E-state index in [0.29, 0.717) is 11.6 Å². The van der Waals surface area contributed by atoms with Crippen LogP contribution in [0.3, 0.4) is 0 Å². The fraction of sp³-hybridized carbons (Fsp3) is 0.333. The Morgan fingerprint density at radius 3 is 2.25 bits per heavy atom. The van der Waals surface area contributed by atoms with Crippen molar-refractivity contribution in [1.29, 1.82) is 0 Å². The number of halogens is 1. The number of likely N-dealkylation sites (tertiary alicyclic amines) is 1. The minimum Gasteiger partial charge on any atom is -0.473 e. The van der Waals surface area contributed by atoms with Crippen molar-refractivity contribution >= 4 is 45.6 Å². The second kappa shape index (κ2) is 10.8. The molecule has 0 bridgehead atoms. The predicted octanol–water partition coefficient (Wildman–Crippen LogP) is 2.51. The Morgan fingerprint density at radius 1 is 0.889 bits per heavy atom. The Balaban J connectivity index is 0.000000455. The van der Waals surface area contributed by atoms with Gasteiger partial charge in [-0.2, -0.15) is 0 Å². The minimum absolute atomic E-state index is 0.0475. The molecule has 0 radical (unpaired) electrons. The van der Waals surface area contributed by atoms with Crippen LogP contribution in [0.1, 0.15) is 25.3 Å². The quantitative estimate of drug-likeness (QED) is 0.298. The molecule has 0 atom stereocenters. The summed E-state index contributed by atoms with van der Waals surface area (Å²) in [7, 11) is 0. The molecule has 0 spiro atoms. The van der Waals surface area contributed by atoms with E-state index in [9.17, 15) is 9.59 Å². The van der Waals surface area contributed by atoms with E-state index in [0.717, 1.165) is 61.0 Å². The largest absolute Gasteiger partial charge is 0.473 e. The maximum atomic E-state index is 12.5. The molecule has 4 aromatic rings. The Labute approximate surface area is 209 Å². The molecule has 5 rings (SSSR count). The Bertz CT molecular complexity index is 1500. The standard InChI is InChI=1S/C22H24ClN5O2.C2H2O4/c23-15-6-7-20-18(14-15)25-22(30)28(20)16-8-12-26(13-9-16)10-3-11-27-19-5-2-1-4-17(19)24-21(27)29;3-1(4)2(5)6/h1-2,4-7,14,16H,3,8-13H2,(H,24,29)(H,25,30);(H,3,4)(H,5,6). The van der Waals surface area contributed by atoms with Crippen molar-refractivity contribution in [3.8, 4) is 0 Å². The number of hydrogen-bond acceptors (Lipinski definition) is 5. The fourth-order valence-electron chi connectivity index (χ4n) is 4.65. The van der Waals surface area contributed by atoms with E-state index in [1.54, 1.807) is 6.07 Å². The molecule has 4 N–H and O–H groups in total. The van der Waals surface area contributed by atoms with Crippen molar-refractivity contribution < 1.29 is 19.8 Å². The number of para-hydroxylation sites is 2. The van der Waals surface area contributed by atoms with Gasteiger partial charge < -0.3 is 25.1 Å². The molecular weight excluding hydrogens is 490 g/mol. The molecule has 0 saturated carbocycles. The van der Waals surface area contributed by atoms with Crippen LogP contribution in [-0.4, -0.2) is 65.8 Å². The number of carboxylic acids is 2. The molecule has 2 aromatic carbocycles. The van der Waals surface area contributed by atoms with Gasteiger partial charge in [0.1, 0.15) is 0 Å². The van der Waals surface area contributed by atoms with Crippen molar-refractivity contribution in [2.75, 3.05) is 19.6 Å². The van der Waals surface area contributed by atoms with Crippen molar-refractivity contribution in [1.82, 2.24) is 24.0 Å². The molecule has 1 aliphatic rings. The maximum absolute atomic E-state index is 12.5. The number of aliphatic carboxylic acids is 2. The fourth-order valence-corrected chi connectivity index (χ4v) is 4.82. The number of nitrogens with zero attached hydrogens (tertiary/aromatic N) is 3. The van der Waals surface area contributed by atoms with Crippen LogP contribution in [0.4, 0.5) is 0 Å². The van der Waals surface area contributed by atoms with E-state index < -0.39 is 11.9 Å². The Morgan fingerprint density at radius 2 is 1.56 bits per heavy atom. The molecule has 12 heteroatoms. The number of hydrogen-bond donors (Lipinski definition) is 4. The van der Waals surface area contributed by atoms with Gasteiger partial charge in [-0.25, -0.2) is 19.2 Å². The predicted molar refractivity (Wildman–Crippen MR) is 135 cm³/mol. The third-order valence-corrected chi connectivity index (χ3v) is 6.56. The van der Waals surface area contributed by atoms with Crippen LogP contribution < -0.4 is 11.4 Å². The molecule has 0 aliphatic carbocycles. The summed E-state index contributed by atoms with van der Waals surface area (Å²) in [5.41, 5.74) is 3.44. The van der Waals surface area contributed by atoms with Crippen LogP contribution in [-0.2, 0) is 16.1 Å². The molecule has 0 unspecified atom stereocenters. The molecule has 1 fully saturated rings. The number of carboxylic acid groups (broad SMARTS) is 2. The van der Waals surface area contributed by atoms with Gasteiger partial charge in [-0.1, -0.05) is 23.7 Å². The lowest BCUT2D eigenvalue weighted by molar-refractivity contribution is -0.159. The van der Waals surface area contributed by atoms with Gasteiger partial charge in [0.2, 0.25) is 0 Å². The highest BCUT2D eigenvalue weighted by molar-refractivity contribution is 6.31. The van der Waals surface area contributed by atoms with Crippen LogP contribution in [0.2, 0.25) is 5.02 Å². The number of aromatic nitrogens is 4. The lowest BCUT2D eigenvalue weighted by atomic mass is 10.0. The summed E-state index contributed by atoms with van der Waals surface area (Å²) in [6.45, 7) is 3.53. The summed E-state index contributed by atoms with van der Waals surface area (Å²) < 4.78 is 3.70. The number of benzene rings is 2. The number of imidazole rings is 2. The zero-order valence-electron chi connectivity index (χ0n) is 19.3. The van der Waals surface area contributed by atoms with Gasteiger partial charge >= 0.3 is 23.3 Å². The molecule has 1 saturated heterocycles. The molecule has 2 aromatic heterocycles. The van der Waals surface area contributed by atoms with Gasteiger partial charge in [0.25, 0.3) is 0 Å². The number of piperidine rings is 1. The first kappa shape index (κ1) is 25.3. The number of rotatable bonds is 5. The first-order valence-electron chi connectivity index (χ1n) is 11.5. The molecule has 3 heterocycles. The van der Waals surface area contributed by atoms with E-state index >= 15 is 0 Å². The first-order chi connectivity index (χ1) is 17.2. The number of carbonyl (C=O) groups is 2. The summed E-state index contributed by atoms with van der Waals surface area (Å²) in [6.07, 6.45) is 2.78. The zero-order valence-corrected chi connectivity index (χ0v) is 20.1.